The Bertz CT molecular complexity index is 882. The van der Waals surface area contributed by atoms with E-state index in [1.54, 1.807) is 4.90 Å². The van der Waals surface area contributed by atoms with E-state index in [1.165, 1.54) is 31.3 Å². The zero-order valence-electron chi connectivity index (χ0n) is 22.9. The van der Waals surface area contributed by atoms with Crippen molar-refractivity contribution in [3.63, 3.8) is 0 Å². The average molecular weight is 526 g/mol. The van der Waals surface area contributed by atoms with Gasteiger partial charge in [0.05, 0.1) is 12.2 Å². The Morgan fingerprint density at radius 3 is 2.54 bits per heavy atom. The number of likely N-dealkylation sites (tertiary alicyclic amines) is 1. The van der Waals surface area contributed by atoms with Crippen molar-refractivity contribution in [1.29, 1.82) is 0 Å². The van der Waals surface area contributed by atoms with Crippen molar-refractivity contribution in [3.8, 4) is 0 Å². The van der Waals surface area contributed by atoms with Crippen LogP contribution in [-0.2, 0) is 9.53 Å². The van der Waals surface area contributed by atoms with Crippen molar-refractivity contribution >= 4 is 5.91 Å². The Morgan fingerprint density at radius 1 is 1.11 bits per heavy atom. The van der Waals surface area contributed by atoms with Gasteiger partial charge in [-0.05, 0) is 111 Å². The third-order valence-electron chi connectivity index (χ3n) is 11.7. The van der Waals surface area contributed by atoms with E-state index in [4.69, 9.17) is 0 Å². The Labute approximate surface area is 220 Å². The van der Waals surface area contributed by atoms with Crippen molar-refractivity contribution < 1.29 is 27.8 Å². The molecule has 0 aromatic carbocycles. The molecular formula is C30H46F3NO3. The third kappa shape index (κ3) is 5.25. The summed E-state index contributed by atoms with van der Waals surface area (Å²) in [6, 6.07) is 0. The highest BCUT2D eigenvalue weighted by Crippen LogP contribution is 2.67. The number of amides is 1. The van der Waals surface area contributed by atoms with Crippen molar-refractivity contribution in [3.05, 3.63) is 11.6 Å². The van der Waals surface area contributed by atoms with Gasteiger partial charge in [0.25, 0.3) is 0 Å². The number of ether oxygens (including phenoxy) is 1. The third-order valence-corrected chi connectivity index (χ3v) is 11.7. The van der Waals surface area contributed by atoms with E-state index in [-0.39, 0.29) is 30.3 Å². The maximum atomic E-state index is 12.9. The van der Waals surface area contributed by atoms with Gasteiger partial charge in [0.15, 0.2) is 0 Å². The number of carbonyl (C=O) groups is 1. The van der Waals surface area contributed by atoms with E-state index >= 15 is 0 Å². The van der Waals surface area contributed by atoms with E-state index < -0.39 is 12.5 Å². The van der Waals surface area contributed by atoms with Gasteiger partial charge in [-0.15, -0.1) is 13.2 Å². The molecule has 1 heterocycles. The first-order valence-electron chi connectivity index (χ1n) is 14.8. The molecule has 1 amide bonds. The Kier molecular flexibility index (Phi) is 7.54. The lowest BCUT2D eigenvalue weighted by Gasteiger charge is -2.58. The Hall–Kier alpha value is -1.08. The van der Waals surface area contributed by atoms with Crippen LogP contribution in [0.4, 0.5) is 13.2 Å². The average Bonchev–Trinajstić information content (AvgIpc) is 3.19. The standard InChI is InChI=1S/C30H46F3NO3/c1-19(4-9-27(36)34-16-12-22(13-17-34)37-30(31,32)33)24-7-8-25-23-6-5-20-18-21(35)10-14-28(20,2)26(23)11-15-29(24,25)3/h5,19,21-26,35H,4,6-18H2,1-3H3/t19-,21+,23+,24-,25+,26+,28+,29-/m1/s1. The lowest BCUT2D eigenvalue weighted by Crippen LogP contribution is -2.50. The largest absolute Gasteiger partial charge is 0.522 e. The van der Waals surface area contributed by atoms with Crippen LogP contribution in [0.1, 0.15) is 97.8 Å². The van der Waals surface area contributed by atoms with Crippen LogP contribution in [0.5, 0.6) is 0 Å². The molecule has 210 valence electrons. The maximum Gasteiger partial charge on any atom is 0.522 e. The minimum atomic E-state index is -4.60. The van der Waals surface area contributed by atoms with Gasteiger partial charge in [0, 0.05) is 19.5 Å². The van der Waals surface area contributed by atoms with Gasteiger partial charge in [-0.25, -0.2) is 0 Å². The molecule has 1 N–H and O–H groups in total. The van der Waals surface area contributed by atoms with Gasteiger partial charge < -0.3 is 10.0 Å². The number of hydrogen-bond acceptors (Lipinski definition) is 3. The summed E-state index contributed by atoms with van der Waals surface area (Å²) < 4.78 is 41.6. The van der Waals surface area contributed by atoms with Crippen LogP contribution >= 0.6 is 0 Å². The van der Waals surface area contributed by atoms with E-state index in [2.05, 4.69) is 31.6 Å². The zero-order chi connectivity index (χ0) is 26.6. The van der Waals surface area contributed by atoms with Crippen molar-refractivity contribution in [2.24, 2.45) is 40.4 Å². The molecule has 0 spiro atoms. The first-order valence-corrected chi connectivity index (χ1v) is 14.8. The van der Waals surface area contributed by atoms with Gasteiger partial charge in [0.1, 0.15) is 0 Å². The number of allylic oxidation sites excluding steroid dienone is 1. The second-order valence-electron chi connectivity index (χ2n) is 13.5. The summed E-state index contributed by atoms with van der Waals surface area (Å²) in [5, 5.41) is 10.3. The molecule has 0 bridgehead atoms. The molecule has 5 aliphatic rings. The molecule has 0 aromatic heterocycles. The summed E-state index contributed by atoms with van der Waals surface area (Å²) in [6.45, 7) is 8.03. The highest BCUT2D eigenvalue weighted by molar-refractivity contribution is 5.76. The van der Waals surface area contributed by atoms with Crippen molar-refractivity contribution in [2.75, 3.05) is 13.1 Å². The zero-order valence-corrected chi connectivity index (χ0v) is 22.9. The van der Waals surface area contributed by atoms with Gasteiger partial charge in [-0.2, -0.15) is 0 Å². The number of piperidine rings is 1. The van der Waals surface area contributed by atoms with Crippen LogP contribution in [0.3, 0.4) is 0 Å². The summed E-state index contributed by atoms with van der Waals surface area (Å²) in [5.74, 6) is 3.39. The summed E-state index contributed by atoms with van der Waals surface area (Å²) >= 11 is 0. The van der Waals surface area contributed by atoms with Gasteiger partial charge >= 0.3 is 6.36 Å². The molecule has 1 aliphatic heterocycles. The SMILES string of the molecule is C[C@H](CCC(=O)N1CCC(OC(F)(F)F)CC1)[C@H]1CC[C@H]2[C@@H]3CC=C4C[C@@H](O)CC[C@]4(C)[C@H]3CC[C@]12C. The summed E-state index contributed by atoms with van der Waals surface area (Å²) in [7, 11) is 0. The number of hydrogen-bond donors (Lipinski definition) is 1. The van der Waals surface area contributed by atoms with Crippen molar-refractivity contribution in [1.82, 2.24) is 4.90 Å². The number of aliphatic hydroxyl groups excluding tert-OH is 1. The molecular weight excluding hydrogens is 479 g/mol. The topological polar surface area (TPSA) is 49.8 Å². The fourth-order valence-electron chi connectivity index (χ4n) is 9.74. The van der Waals surface area contributed by atoms with Crippen LogP contribution in [-0.4, -0.2) is 47.6 Å². The van der Waals surface area contributed by atoms with Crippen molar-refractivity contribution in [2.45, 2.75) is 116 Å². The lowest BCUT2D eigenvalue weighted by atomic mass is 9.47. The Morgan fingerprint density at radius 2 is 1.84 bits per heavy atom. The smallest absolute Gasteiger partial charge is 0.393 e. The van der Waals surface area contributed by atoms with E-state index in [0.717, 1.165) is 49.9 Å². The highest BCUT2D eigenvalue weighted by atomic mass is 19.4. The van der Waals surface area contributed by atoms with E-state index in [0.29, 0.717) is 36.8 Å². The summed E-state index contributed by atoms with van der Waals surface area (Å²) in [4.78, 5) is 14.6. The minimum absolute atomic E-state index is 0.0816. The number of fused-ring (bicyclic) bond motifs is 5. The molecule has 0 unspecified atom stereocenters. The molecule has 5 rings (SSSR count). The second-order valence-corrected chi connectivity index (χ2v) is 13.5. The molecule has 3 saturated carbocycles. The molecule has 7 heteroatoms. The van der Waals surface area contributed by atoms with E-state index in [1.807, 2.05) is 0 Å². The number of alkyl halides is 3. The van der Waals surface area contributed by atoms with Gasteiger partial charge in [0.2, 0.25) is 5.91 Å². The van der Waals surface area contributed by atoms with Crippen LogP contribution in [0.2, 0.25) is 0 Å². The first kappa shape index (κ1) is 27.5. The number of aliphatic hydroxyl groups is 1. The van der Waals surface area contributed by atoms with E-state index in [9.17, 15) is 23.1 Å². The number of rotatable bonds is 5. The fraction of sp³-hybridized carbons (Fsp3) is 0.900. The quantitative estimate of drug-likeness (QED) is 0.399. The first-order chi connectivity index (χ1) is 17.4. The normalized spacial score (nSPS) is 41.4. The summed E-state index contributed by atoms with van der Waals surface area (Å²) in [6.07, 6.45) is 7.88. The van der Waals surface area contributed by atoms with Gasteiger partial charge in [-0.3, -0.25) is 9.53 Å². The molecule has 4 nitrogen and oxygen atoms in total. The van der Waals surface area contributed by atoms with Crippen LogP contribution in [0, 0.1) is 40.4 Å². The number of carbonyl (C=O) groups excluding carboxylic acids is 1. The Balaban J connectivity index is 1.16. The predicted octanol–water partition coefficient (Wildman–Crippen LogP) is 6.87. The molecule has 1 saturated heterocycles. The number of halogens is 3. The van der Waals surface area contributed by atoms with Crippen LogP contribution < -0.4 is 0 Å². The number of nitrogens with zero attached hydrogens (tertiary/aromatic N) is 1. The van der Waals surface area contributed by atoms with Crippen LogP contribution in [0.25, 0.3) is 0 Å². The molecule has 4 aliphatic carbocycles. The van der Waals surface area contributed by atoms with Gasteiger partial charge in [-0.1, -0.05) is 32.4 Å². The summed E-state index contributed by atoms with van der Waals surface area (Å²) in [5.41, 5.74) is 2.11. The lowest BCUT2D eigenvalue weighted by molar-refractivity contribution is -0.345. The molecule has 37 heavy (non-hydrogen) atoms. The predicted molar refractivity (Wildman–Crippen MR) is 136 cm³/mol. The molecule has 4 fully saturated rings. The maximum absolute atomic E-state index is 12.9. The molecule has 8 atom stereocenters. The second kappa shape index (κ2) is 10.1. The molecule has 0 aromatic rings. The minimum Gasteiger partial charge on any atom is -0.393 e. The highest BCUT2D eigenvalue weighted by Gasteiger charge is 2.59. The van der Waals surface area contributed by atoms with Crippen LogP contribution in [0.15, 0.2) is 11.6 Å². The molecule has 0 radical (unpaired) electrons. The monoisotopic (exact) mass is 525 g/mol. The fourth-order valence-corrected chi connectivity index (χ4v) is 9.74.